The number of aryl methyl sites for hydroxylation is 3. The Kier molecular flexibility index (Phi) is 6.01. The van der Waals surface area contributed by atoms with Crippen LogP contribution in [0.25, 0.3) is 0 Å². The zero-order chi connectivity index (χ0) is 24.7. The molecule has 1 aliphatic heterocycles. The highest BCUT2D eigenvalue weighted by Gasteiger charge is 2.35. The maximum Gasteiger partial charge on any atom is 0.294 e. The molecule has 0 radical (unpaired) electrons. The minimum atomic E-state index is -0.302. The van der Waals surface area contributed by atoms with Gasteiger partial charge in [-0.3, -0.25) is 9.59 Å². The summed E-state index contributed by atoms with van der Waals surface area (Å²) in [6.07, 6.45) is 3.67. The van der Waals surface area contributed by atoms with E-state index in [2.05, 4.69) is 10.5 Å². The number of nitrogens with one attached hydrogen (secondary N) is 1. The Morgan fingerprint density at radius 1 is 1.09 bits per heavy atom. The van der Waals surface area contributed by atoms with Crippen molar-refractivity contribution < 1.29 is 18.4 Å². The quantitative estimate of drug-likeness (QED) is 0.512. The summed E-state index contributed by atoms with van der Waals surface area (Å²) in [4.78, 5) is 28.0. The molecule has 0 spiro atoms. The van der Waals surface area contributed by atoms with Crippen LogP contribution in [0.4, 0.5) is 10.1 Å². The second-order valence-electron chi connectivity index (χ2n) is 9.41. The van der Waals surface area contributed by atoms with Crippen molar-refractivity contribution >= 4 is 23.2 Å². The molecule has 2 amide bonds. The second-order valence-corrected chi connectivity index (χ2v) is 9.41. The topological polar surface area (TPSA) is 74.9 Å². The van der Waals surface area contributed by atoms with E-state index in [1.807, 2.05) is 32.9 Å². The van der Waals surface area contributed by atoms with E-state index in [-0.39, 0.29) is 29.4 Å². The fourth-order valence-electron chi connectivity index (χ4n) is 5.01. The summed E-state index contributed by atoms with van der Waals surface area (Å²) in [5, 5.41) is 4.42. The number of hydrogen-bond donors (Lipinski definition) is 1. The molecule has 3 aromatic rings. The van der Waals surface area contributed by atoms with Gasteiger partial charge in [0.15, 0.2) is 5.76 Å². The van der Waals surface area contributed by atoms with E-state index >= 15 is 0 Å². The Labute approximate surface area is 203 Å². The first-order valence-corrected chi connectivity index (χ1v) is 12.0. The van der Waals surface area contributed by atoms with Gasteiger partial charge in [-0.25, -0.2) is 9.82 Å². The second kappa shape index (κ2) is 9.13. The maximum atomic E-state index is 13.8. The summed E-state index contributed by atoms with van der Waals surface area (Å²) in [5.41, 5.74) is 8.04. The molecule has 1 aliphatic carbocycles. The first kappa shape index (κ1) is 23.0. The number of hydrazone groups is 1. The van der Waals surface area contributed by atoms with Crippen molar-refractivity contribution in [2.75, 3.05) is 4.90 Å². The van der Waals surface area contributed by atoms with E-state index in [9.17, 15) is 14.0 Å². The molecule has 2 heterocycles. The lowest BCUT2D eigenvalue weighted by atomic mass is 9.92. The predicted molar refractivity (Wildman–Crippen MR) is 133 cm³/mol. The van der Waals surface area contributed by atoms with Gasteiger partial charge in [-0.1, -0.05) is 17.7 Å². The maximum absolute atomic E-state index is 13.8. The minimum absolute atomic E-state index is 0.0380. The van der Waals surface area contributed by atoms with Gasteiger partial charge in [0.2, 0.25) is 0 Å². The van der Waals surface area contributed by atoms with Crippen LogP contribution in [0.2, 0.25) is 0 Å². The van der Waals surface area contributed by atoms with Crippen molar-refractivity contribution in [3.63, 3.8) is 0 Å². The van der Waals surface area contributed by atoms with E-state index in [1.54, 1.807) is 23.1 Å². The van der Waals surface area contributed by atoms with Crippen LogP contribution in [0.1, 0.15) is 75.1 Å². The third-order valence-corrected chi connectivity index (χ3v) is 6.92. The van der Waals surface area contributed by atoms with Gasteiger partial charge in [0.1, 0.15) is 11.6 Å². The van der Waals surface area contributed by atoms with Gasteiger partial charge in [-0.2, -0.15) is 5.10 Å². The Balaban J connectivity index is 1.45. The van der Waals surface area contributed by atoms with Crippen molar-refractivity contribution in [1.29, 1.82) is 0 Å². The van der Waals surface area contributed by atoms with Crippen molar-refractivity contribution in [1.82, 2.24) is 5.43 Å². The van der Waals surface area contributed by atoms with Gasteiger partial charge in [-0.15, -0.1) is 0 Å². The van der Waals surface area contributed by atoms with Gasteiger partial charge < -0.3 is 9.32 Å². The average molecular weight is 474 g/mol. The molecule has 5 rings (SSSR count). The summed E-state index contributed by atoms with van der Waals surface area (Å²) in [7, 11) is 0. The largest absolute Gasteiger partial charge is 0.455 e. The number of nitrogens with zero attached hydrogens (tertiary/aromatic N) is 2. The Bertz CT molecular complexity index is 1340. The van der Waals surface area contributed by atoms with Crippen LogP contribution in [-0.2, 0) is 12.8 Å². The van der Waals surface area contributed by atoms with Crippen LogP contribution >= 0.6 is 0 Å². The molecule has 1 aromatic heterocycles. The van der Waals surface area contributed by atoms with Crippen molar-refractivity contribution in [2.45, 2.75) is 58.9 Å². The summed E-state index contributed by atoms with van der Waals surface area (Å²) in [6, 6.07) is 11.8. The molecule has 0 saturated heterocycles. The molecule has 0 saturated carbocycles. The SMILES string of the molecule is Cc1ccc(C(=O)N/N=C2\CCCc3oc(C(=O)N4c5ccc(F)cc5CCC4C)c(C)c32)cc1. The van der Waals surface area contributed by atoms with Gasteiger partial charge in [-0.05, 0) is 82.3 Å². The van der Waals surface area contributed by atoms with Crippen molar-refractivity contribution in [3.8, 4) is 0 Å². The molecule has 2 aromatic carbocycles. The number of amides is 2. The highest BCUT2D eigenvalue weighted by atomic mass is 19.1. The summed E-state index contributed by atoms with van der Waals surface area (Å²) < 4.78 is 19.9. The highest BCUT2D eigenvalue weighted by molar-refractivity contribution is 6.11. The number of anilines is 1. The molecule has 180 valence electrons. The third-order valence-electron chi connectivity index (χ3n) is 6.92. The molecule has 2 aliphatic rings. The monoisotopic (exact) mass is 473 g/mol. The van der Waals surface area contributed by atoms with Gasteiger partial charge >= 0.3 is 0 Å². The molecular weight excluding hydrogens is 445 g/mol. The molecule has 0 bridgehead atoms. The molecule has 0 fully saturated rings. The van der Waals surface area contributed by atoms with Gasteiger partial charge in [0, 0.05) is 34.8 Å². The summed E-state index contributed by atoms with van der Waals surface area (Å²) in [6.45, 7) is 5.82. The molecule has 35 heavy (non-hydrogen) atoms. The van der Waals surface area contributed by atoms with Crippen LogP contribution in [-0.4, -0.2) is 23.6 Å². The number of halogens is 1. The normalized spacial score (nSPS) is 18.2. The Morgan fingerprint density at radius 2 is 1.86 bits per heavy atom. The number of hydrogen-bond acceptors (Lipinski definition) is 4. The van der Waals surface area contributed by atoms with E-state index in [4.69, 9.17) is 4.42 Å². The van der Waals surface area contributed by atoms with Crippen molar-refractivity contribution in [3.05, 3.63) is 87.6 Å². The molecule has 1 atom stereocenters. The van der Waals surface area contributed by atoms with Crippen LogP contribution in [0.5, 0.6) is 0 Å². The standard InChI is InChI=1S/C28H28FN3O3/c1-16-7-10-19(11-8-16)27(33)31-30-22-5-4-6-24-25(22)18(3)26(35-24)28(34)32-17(2)9-12-20-15-21(29)13-14-23(20)32/h7-8,10-11,13-15,17H,4-6,9,12H2,1-3H3,(H,31,33)/b30-22+. The van der Waals surface area contributed by atoms with E-state index in [1.165, 1.54) is 12.1 Å². The number of carbonyl (C=O) groups excluding carboxylic acids is 2. The zero-order valence-electron chi connectivity index (χ0n) is 20.2. The number of fused-ring (bicyclic) bond motifs is 2. The molecule has 6 nitrogen and oxygen atoms in total. The minimum Gasteiger partial charge on any atom is -0.455 e. The van der Waals surface area contributed by atoms with Gasteiger partial charge in [0.25, 0.3) is 11.8 Å². The lowest BCUT2D eigenvalue weighted by Gasteiger charge is -2.34. The Morgan fingerprint density at radius 3 is 2.63 bits per heavy atom. The molecule has 7 heteroatoms. The highest BCUT2D eigenvalue weighted by Crippen LogP contribution is 2.36. The van der Waals surface area contributed by atoms with E-state index < -0.39 is 0 Å². The van der Waals surface area contributed by atoms with E-state index in [0.29, 0.717) is 29.9 Å². The third kappa shape index (κ3) is 4.27. The van der Waals surface area contributed by atoms with E-state index in [0.717, 1.165) is 47.2 Å². The van der Waals surface area contributed by atoms with Gasteiger partial charge in [0.05, 0.1) is 5.71 Å². The fourth-order valence-corrected chi connectivity index (χ4v) is 5.01. The molecular formula is C28H28FN3O3. The fraction of sp³-hybridized carbons (Fsp3) is 0.321. The lowest BCUT2D eigenvalue weighted by molar-refractivity contribution is 0.0941. The van der Waals surface area contributed by atoms with Crippen LogP contribution < -0.4 is 10.3 Å². The lowest BCUT2D eigenvalue weighted by Crippen LogP contribution is -2.42. The summed E-state index contributed by atoms with van der Waals surface area (Å²) in [5.74, 6) is 0.167. The number of rotatable bonds is 3. The van der Waals surface area contributed by atoms with Crippen LogP contribution in [0, 0.1) is 19.7 Å². The number of furan rings is 1. The first-order valence-electron chi connectivity index (χ1n) is 12.0. The van der Waals surface area contributed by atoms with Crippen LogP contribution in [0.3, 0.4) is 0 Å². The smallest absolute Gasteiger partial charge is 0.294 e. The first-order chi connectivity index (χ1) is 16.8. The predicted octanol–water partition coefficient (Wildman–Crippen LogP) is 5.49. The Hall–Kier alpha value is -3.74. The average Bonchev–Trinajstić information content (AvgIpc) is 3.19. The molecule has 1 unspecified atom stereocenters. The van der Waals surface area contributed by atoms with Crippen molar-refractivity contribution in [2.24, 2.45) is 5.10 Å². The van der Waals surface area contributed by atoms with Crippen LogP contribution in [0.15, 0.2) is 52.0 Å². The number of carbonyl (C=O) groups is 2. The summed E-state index contributed by atoms with van der Waals surface area (Å²) >= 11 is 0. The molecule has 1 N–H and O–H groups in total. The zero-order valence-corrected chi connectivity index (χ0v) is 20.2. The number of benzene rings is 2.